The highest BCUT2D eigenvalue weighted by Crippen LogP contribution is 2.21. The Morgan fingerprint density at radius 1 is 0.846 bits per heavy atom. The monoisotopic (exact) mass is 344 g/mol. The van der Waals surface area contributed by atoms with Gasteiger partial charge >= 0.3 is 0 Å². The van der Waals surface area contributed by atoms with E-state index in [9.17, 15) is 4.79 Å². The maximum absolute atomic E-state index is 12.6. The number of amides is 1. The lowest BCUT2D eigenvalue weighted by Crippen LogP contribution is -2.38. The van der Waals surface area contributed by atoms with Gasteiger partial charge in [0, 0.05) is 19.3 Å². The van der Waals surface area contributed by atoms with E-state index in [4.69, 9.17) is 0 Å². The SMILES string of the molecule is C[C@H](Nc1ccc(-c2ccccc2)cc1)C(=O)N(C)Cc1ccccc1. The molecule has 3 aromatic rings. The van der Waals surface area contributed by atoms with Crippen molar-refractivity contribution in [1.82, 2.24) is 4.90 Å². The highest BCUT2D eigenvalue weighted by Gasteiger charge is 2.17. The molecule has 1 N–H and O–H groups in total. The summed E-state index contributed by atoms with van der Waals surface area (Å²) in [5, 5.41) is 3.30. The summed E-state index contributed by atoms with van der Waals surface area (Å²) in [5.41, 5.74) is 4.42. The quantitative estimate of drug-likeness (QED) is 0.696. The summed E-state index contributed by atoms with van der Waals surface area (Å²) < 4.78 is 0. The van der Waals surface area contributed by atoms with E-state index in [2.05, 4.69) is 29.6 Å². The van der Waals surface area contributed by atoms with Crippen molar-refractivity contribution in [3.63, 3.8) is 0 Å². The fourth-order valence-corrected chi connectivity index (χ4v) is 2.97. The molecule has 0 saturated carbocycles. The van der Waals surface area contributed by atoms with Gasteiger partial charge in [0.1, 0.15) is 6.04 Å². The molecule has 3 heteroatoms. The highest BCUT2D eigenvalue weighted by molar-refractivity contribution is 5.84. The number of likely N-dealkylation sites (N-methyl/N-ethyl adjacent to an activating group) is 1. The summed E-state index contributed by atoms with van der Waals surface area (Å²) in [6.07, 6.45) is 0. The summed E-state index contributed by atoms with van der Waals surface area (Å²) >= 11 is 0. The minimum Gasteiger partial charge on any atom is -0.374 e. The molecule has 0 radical (unpaired) electrons. The summed E-state index contributed by atoms with van der Waals surface area (Å²) in [7, 11) is 1.84. The first kappa shape index (κ1) is 17.7. The summed E-state index contributed by atoms with van der Waals surface area (Å²) in [6.45, 7) is 2.51. The third-order valence-corrected chi connectivity index (χ3v) is 4.38. The minimum atomic E-state index is -0.286. The van der Waals surface area contributed by atoms with E-state index >= 15 is 0 Å². The topological polar surface area (TPSA) is 32.3 Å². The standard InChI is InChI=1S/C23H24N2O/c1-18(23(26)25(2)17-19-9-5-3-6-10-19)24-22-15-13-21(14-16-22)20-11-7-4-8-12-20/h3-16,18,24H,17H2,1-2H3/t18-/m0/s1. The van der Waals surface area contributed by atoms with Gasteiger partial charge in [-0.2, -0.15) is 0 Å². The van der Waals surface area contributed by atoms with Crippen LogP contribution in [0.5, 0.6) is 0 Å². The molecule has 0 aliphatic rings. The molecule has 0 saturated heterocycles. The van der Waals surface area contributed by atoms with Gasteiger partial charge in [-0.25, -0.2) is 0 Å². The summed E-state index contributed by atoms with van der Waals surface area (Å²) in [6, 6.07) is 28.2. The average molecular weight is 344 g/mol. The number of carbonyl (C=O) groups is 1. The van der Waals surface area contributed by atoms with Crippen molar-refractivity contribution >= 4 is 11.6 Å². The van der Waals surface area contributed by atoms with Crippen molar-refractivity contribution in [1.29, 1.82) is 0 Å². The molecule has 1 amide bonds. The van der Waals surface area contributed by atoms with Gasteiger partial charge in [0.2, 0.25) is 5.91 Å². The third kappa shape index (κ3) is 4.51. The van der Waals surface area contributed by atoms with Gasteiger partial charge in [-0.05, 0) is 35.7 Å². The van der Waals surface area contributed by atoms with E-state index in [0.717, 1.165) is 16.8 Å². The Kier molecular flexibility index (Phi) is 5.69. The van der Waals surface area contributed by atoms with Crippen molar-refractivity contribution in [2.75, 3.05) is 12.4 Å². The molecule has 0 aromatic heterocycles. The number of hydrogen-bond donors (Lipinski definition) is 1. The van der Waals surface area contributed by atoms with Crippen molar-refractivity contribution in [2.24, 2.45) is 0 Å². The third-order valence-electron chi connectivity index (χ3n) is 4.38. The van der Waals surface area contributed by atoms with Crippen LogP contribution in [-0.2, 0) is 11.3 Å². The van der Waals surface area contributed by atoms with Gasteiger partial charge in [-0.1, -0.05) is 72.8 Å². The molecule has 132 valence electrons. The predicted octanol–water partition coefficient (Wildman–Crippen LogP) is 4.81. The number of carbonyl (C=O) groups excluding carboxylic acids is 1. The second-order valence-electron chi connectivity index (χ2n) is 6.49. The van der Waals surface area contributed by atoms with E-state index in [-0.39, 0.29) is 11.9 Å². The summed E-state index contributed by atoms with van der Waals surface area (Å²) in [5.74, 6) is 0.0704. The van der Waals surface area contributed by atoms with Crippen LogP contribution >= 0.6 is 0 Å². The van der Waals surface area contributed by atoms with Crippen LogP contribution in [0.25, 0.3) is 11.1 Å². The highest BCUT2D eigenvalue weighted by atomic mass is 16.2. The smallest absolute Gasteiger partial charge is 0.244 e. The Morgan fingerprint density at radius 3 is 2.00 bits per heavy atom. The molecule has 0 aliphatic heterocycles. The number of nitrogens with zero attached hydrogens (tertiary/aromatic N) is 1. The Hall–Kier alpha value is -3.07. The first-order valence-corrected chi connectivity index (χ1v) is 8.84. The number of benzene rings is 3. The fraction of sp³-hybridized carbons (Fsp3) is 0.174. The van der Waals surface area contributed by atoms with E-state index in [1.54, 1.807) is 4.90 Å². The molecule has 0 bridgehead atoms. The number of rotatable bonds is 6. The van der Waals surface area contributed by atoms with Gasteiger partial charge in [0.05, 0.1) is 0 Å². The number of nitrogens with one attached hydrogen (secondary N) is 1. The van der Waals surface area contributed by atoms with E-state index in [0.29, 0.717) is 6.54 Å². The van der Waals surface area contributed by atoms with Gasteiger partial charge in [0.25, 0.3) is 0 Å². The maximum Gasteiger partial charge on any atom is 0.244 e. The molecule has 3 rings (SSSR count). The van der Waals surface area contributed by atoms with Crippen LogP contribution in [0, 0.1) is 0 Å². The van der Waals surface area contributed by atoms with Gasteiger partial charge in [0.15, 0.2) is 0 Å². The van der Waals surface area contributed by atoms with Crippen molar-refractivity contribution in [3.8, 4) is 11.1 Å². The van der Waals surface area contributed by atoms with Crippen LogP contribution in [0.3, 0.4) is 0 Å². The number of anilines is 1. The van der Waals surface area contributed by atoms with Crippen molar-refractivity contribution in [3.05, 3.63) is 90.5 Å². The van der Waals surface area contributed by atoms with E-state index in [1.807, 2.05) is 74.6 Å². The van der Waals surface area contributed by atoms with Crippen molar-refractivity contribution in [2.45, 2.75) is 19.5 Å². The van der Waals surface area contributed by atoms with Crippen LogP contribution in [0.1, 0.15) is 12.5 Å². The Labute approximate surface area is 155 Å². The molecule has 1 atom stereocenters. The van der Waals surface area contributed by atoms with Crippen LogP contribution in [0.4, 0.5) is 5.69 Å². The van der Waals surface area contributed by atoms with Gasteiger partial charge in [-0.15, -0.1) is 0 Å². The molecule has 3 aromatic carbocycles. The zero-order valence-corrected chi connectivity index (χ0v) is 15.2. The lowest BCUT2D eigenvalue weighted by Gasteiger charge is -2.23. The molecule has 26 heavy (non-hydrogen) atoms. The van der Waals surface area contributed by atoms with Crippen LogP contribution in [0.15, 0.2) is 84.9 Å². The Balaban J connectivity index is 1.60. The molecule has 0 fully saturated rings. The lowest BCUT2D eigenvalue weighted by molar-refractivity contribution is -0.130. The zero-order valence-electron chi connectivity index (χ0n) is 15.2. The molecular weight excluding hydrogens is 320 g/mol. The molecular formula is C23H24N2O. The number of hydrogen-bond acceptors (Lipinski definition) is 2. The average Bonchev–Trinajstić information content (AvgIpc) is 2.69. The first-order chi connectivity index (χ1) is 12.6. The largest absolute Gasteiger partial charge is 0.374 e. The zero-order chi connectivity index (χ0) is 18.4. The predicted molar refractivity (Wildman–Crippen MR) is 108 cm³/mol. The summed E-state index contributed by atoms with van der Waals surface area (Å²) in [4.78, 5) is 14.4. The molecule has 0 spiro atoms. The van der Waals surface area contributed by atoms with Crippen LogP contribution < -0.4 is 5.32 Å². The first-order valence-electron chi connectivity index (χ1n) is 8.84. The molecule has 0 heterocycles. The second-order valence-corrected chi connectivity index (χ2v) is 6.49. The Morgan fingerprint density at radius 2 is 1.38 bits per heavy atom. The minimum absolute atomic E-state index is 0.0704. The molecule has 0 aliphatic carbocycles. The maximum atomic E-state index is 12.6. The molecule has 3 nitrogen and oxygen atoms in total. The van der Waals surface area contributed by atoms with E-state index in [1.165, 1.54) is 5.56 Å². The van der Waals surface area contributed by atoms with Crippen LogP contribution in [-0.4, -0.2) is 23.9 Å². The van der Waals surface area contributed by atoms with Gasteiger partial charge in [-0.3, -0.25) is 4.79 Å². The van der Waals surface area contributed by atoms with Gasteiger partial charge < -0.3 is 10.2 Å². The molecule has 0 unspecified atom stereocenters. The van der Waals surface area contributed by atoms with Crippen molar-refractivity contribution < 1.29 is 4.79 Å². The normalized spacial score (nSPS) is 11.6. The lowest BCUT2D eigenvalue weighted by atomic mass is 10.1. The Bertz CT molecular complexity index is 829. The van der Waals surface area contributed by atoms with E-state index < -0.39 is 0 Å². The second kappa shape index (κ2) is 8.34. The van der Waals surface area contributed by atoms with Crippen LogP contribution in [0.2, 0.25) is 0 Å². The fourth-order valence-electron chi connectivity index (χ4n) is 2.97.